The Hall–Kier alpha value is -3.98. The minimum absolute atomic E-state index is 0.0945. The SMILES string of the molecule is Cc1ccc(CNC(=O)C(=O)Nn2c(C(=O)Nc3ccc(F)cc3)cc3cc(Br)ccc32)cc1. The number of nitrogens with one attached hydrogen (secondary N) is 3. The molecular weight excluding hydrogens is 503 g/mol. The van der Waals surface area contributed by atoms with Crippen LogP contribution in [-0.4, -0.2) is 22.4 Å². The molecule has 3 aromatic carbocycles. The number of amides is 3. The minimum Gasteiger partial charge on any atom is -0.344 e. The maximum atomic E-state index is 13.2. The van der Waals surface area contributed by atoms with Crippen LogP contribution in [0.1, 0.15) is 21.6 Å². The Morgan fingerprint density at radius 2 is 1.62 bits per heavy atom. The molecule has 0 saturated carbocycles. The number of benzene rings is 3. The largest absolute Gasteiger partial charge is 0.344 e. The molecule has 0 unspecified atom stereocenters. The van der Waals surface area contributed by atoms with Crippen molar-refractivity contribution >= 4 is 50.2 Å². The summed E-state index contributed by atoms with van der Waals surface area (Å²) in [7, 11) is 0. The molecule has 0 radical (unpaired) electrons. The van der Waals surface area contributed by atoms with E-state index in [1.165, 1.54) is 28.9 Å². The van der Waals surface area contributed by atoms with Gasteiger partial charge in [0.2, 0.25) is 0 Å². The quantitative estimate of drug-likeness (QED) is 0.337. The normalized spacial score (nSPS) is 10.7. The molecule has 0 saturated heterocycles. The molecule has 0 atom stereocenters. The van der Waals surface area contributed by atoms with E-state index >= 15 is 0 Å². The molecular formula is C25H20BrFN4O3. The number of aromatic nitrogens is 1. The van der Waals surface area contributed by atoms with E-state index in [4.69, 9.17) is 0 Å². The van der Waals surface area contributed by atoms with Gasteiger partial charge in [-0.3, -0.25) is 19.8 Å². The van der Waals surface area contributed by atoms with E-state index in [1.54, 1.807) is 24.3 Å². The number of hydrogen-bond acceptors (Lipinski definition) is 3. The van der Waals surface area contributed by atoms with Crippen LogP contribution in [0, 0.1) is 12.7 Å². The van der Waals surface area contributed by atoms with E-state index in [1.807, 2.05) is 31.2 Å². The highest BCUT2D eigenvalue weighted by molar-refractivity contribution is 9.10. The van der Waals surface area contributed by atoms with Crippen LogP contribution in [0.25, 0.3) is 10.9 Å². The summed E-state index contributed by atoms with van der Waals surface area (Å²) < 4.78 is 15.2. The lowest BCUT2D eigenvalue weighted by molar-refractivity contribution is -0.136. The molecule has 0 aliphatic heterocycles. The molecule has 0 aliphatic carbocycles. The molecule has 3 N–H and O–H groups in total. The third-order valence-electron chi connectivity index (χ3n) is 5.09. The average Bonchev–Trinajstić information content (AvgIpc) is 3.17. The molecule has 1 heterocycles. The van der Waals surface area contributed by atoms with Crippen molar-refractivity contribution in [1.82, 2.24) is 9.99 Å². The summed E-state index contributed by atoms with van der Waals surface area (Å²) in [6.45, 7) is 2.14. The topological polar surface area (TPSA) is 92.2 Å². The Kier molecular flexibility index (Phi) is 6.74. The first kappa shape index (κ1) is 23.2. The van der Waals surface area contributed by atoms with Crippen LogP contribution in [0.15, 0.2) is 77.3 Å². The molecule has 172 valence electrons. The molecule has 0 bridgehead atoms. The summed E-state index contributed by atoms with van der Waals surface area (Å²) >= 11 is 3.39. The highest BCUT2D eigenvalue weighted by atomic mass is 79.9. The Balaban J connectivity index is 1.55. The van der Waals surface area contributed by atoms with Gasteiger partial charge in [-0.1, -0.05) is 45.8 Å². The number of fused-ring (bicyclic) bond motifs is 1. The van der Waals surface area contributed by atoms with Gasteiger partial charge in [0.05, 0.1) is 5.52 Å². The first-order valence-corrected chi connectivity index (χ1v) is 11.1. The summed E-state index contributed by atoms with van der Waals surface area (Å²) in [6.07, 6.45) is 0. The van der Waals surface area contributed by atoms with Gasteiger partial charge in [0.15, 0.2) is 0 Å². The zero-order valence-electron chi connectivity index (χ0n) is 18.1. The summed E-state index contributed by atoms with van der Waals surface area (Å²) in [4.78, 5) is 38.0. The lowest BCUT2D eigenvalue weighted by Crippen LogP contribution is -2.39. The van der Waals surface area contributed by atoms with Crippen LogP contribution >= 0.6 is 15.9 Å². The van der Waals surface area contributed by atoms with Gasteiger partial charge in [0.1, 0.15) is 11.5 Å². The second kappa shape index (κ2) is 9.88. The van der Waals surface area contributed by atoms with Gasteiger partial charge >= 0.3 is 11.8 Å². The number of aryl methyl sites for hydroxylation is 1. The van der Waals surface area contributed by atoms with Crippen molar-refractivity contribution in [2.24, 2.45) is 0 Å². The molecule has 4 rings (SSSR count). The third kappa shape index (κ3) is 5.32. The van der Waals surface area contributed by atoms with E-state index in [0.717, 1.165) is 15.6 Å². The molecule has 0 aliphatic rings. The van der Waals surface area contributed by atoms with E-state index in [0.29, 0.717) is 16.6 Å². The number of carbonyl (C=O) groups is 3. The van der Waals surface area contributed by atoms with Crippen molar-refractivity contribution < 1.29 is 18.8 Å². The number of anilines is 1. The van der Waals surface area contributed by atoms with Crippen molar-refractivity contribution in [3.05, 3.63) is 99.9 Å². The number of nitrogens with zero attached hydrogens (tertiary/aromatic N) is 1. The van der Waals surface area contributed by atoms with Crippen molar-refractivity contribution in [2.75, 3.05) is 10.7 Å². The summed E-state index contributed by atoms with van der Waals surface area (Å²) in [5, 5.41) is 5.90. The number of halogens is 2. The fourth-order valence-corrected chi connectivity index (χ4v) is 3.70. The Labute approximate surface area is 203 Å². The van der Waals surface area contributed by atoms with Crippen LogP contribution in [0.2, 0.25) is 0 Å². The molecule has 0 fully saturated rings. The van der Waals surface area contributed by atoms with Crippen molar-refractivity contribution in [2.45, 2.75) is 13.5 Å². The van der Waals surface area contributed by atoms with Crippen LogP contribution in [0.5, 0.6) is 0 Å². The maximum absolute atomic E-state index is 13.2. The van der Waals surface area contributed by atoms with Crippen LogP contribution in [0.4, 0.5) is 10.1 Å². The number of rotatable bonds is 5. The summed E-state index contributed by atoms with van der Waals surface area (Å²) in [6, 6.07) is 19.7. The van der Waals surface area contributed by atoms with Crippen LogP contribution in [-0.2, 0) is 16.1 Å². The lowest BCUT2D eigenvalue weighted by Gasteiger charge is -2.13. The van der Waals surface area contributed by atoms with Gasteiger partial charge in [0, 0.05) is 22.1 Å². The first-order chi connectivity index (χ1) is 16.3. The van der Waals surface area contributed by atoms with Crippen molar-refractivity contribution in [1.29, 1.82) is 0 Å². The van der Waals surface area contributed by atoms with Crippen LogP contribution in [0.3, 0.4) is 0 Å². The van der Waals surface area contributed by atoms with Gasteiger partial charge in [0.25, 0.3) is 5.91 Å². The monoisotopic (exact) mass is 522 g/mol. The zero-order chi connectivity index (χ0) is 24.2. The van der Waals surface area contributed by atoms with Crippen molar-refractivity contribution in [3.63, 3.8) is 0 Å². The Morgan fingerprint density at radius 1 is 0.912 bits per heavy atom. The second-order valence-electron chi connectivity index (χ2n) is 7.64. The van der Waals surface area contributed by atoms with Gasteiger partial charge in [-0.05, 0) is 61.0 Å². The average molecular weight is 523 g/mol. The van der Waals surface area contributed by atoms with Gasteiger partial charge < -0.3 is 10.6 Å². The third-order valence-corrected chi connectivity index (χ3v) is 5.58. The Morgan fingerprint density at radius 3 is 2.32 bits per heavy atom. The van der Waals surface area contributed by atoms with Gasteiger partial charge in [-0.2, -0.15) is 0 Å². The fraction of sp³-hybridized carbons (Fsp3) is 0.0800. The summed E-state index contributed by atoms with van der Waals surface area (Å²) in [5.74, 6) is -2.74. The zero-order valence-corrected chi connectivity index (χ0v) is 19.6. The molecule has 34 heavy (non-hydrogen) atoms. The van der Waals surface area contributed by atoms with E-state index in [9.17, 15) is 18.8 Å². The van der Waals surface area contributed by atoms with Gasteiger partial charge in [-0.25, -0.2) is 9.07 Å². The standard InChI is InChI=1S/C25H20BrFN4O3/c1-15-2-4-16(5-3-15)14-28-24(33)25(34)30-31-21-11-6-18(26)12-17(21)13-22(31)23(32)29-20-9-7-19(27)8-10-20/h2-13H,14H2,1H3,(H,28,33)(H,29,32)(H,30,34). The molecule has 3 amide bonds. The van der Waals surface area contributed by atoms with E-state index in [-0.39, 0.29) is 12.2 Å². The molecule has 4 aromatic rings. The van der Waals surface area contributed by atoms with Crippen molar-refractivity contribution in [3.8, 4) is 0 Å². The smallest absolute Gasteiger partial charge is 0.328 e. The first-order valence-electron chi connectivity index (χ1n) is 10.3. The lowest BCUT2D eigenvalue weighted by atomic mass is 10.1. The predicted octanol–water partition coefficient (Wildman–Crippen LogP) is 4.49. The molecule has 9 heteroatoms. The number of carbonyl (C=O) groups excluding carboxylic acids is 3. The molecule has 0 spiro atoms. The second-order valence-corrected chi connectivity index (χ2v) is 8.55. The highest BCUT2D eigenvalue weighted by Crippen LogP contribution is 2.24. The highest BCUT2D eigenvalue weighted by Gasteiger charge is 2.21. The van der Waals surface area contributed by atoms with E-state index < -0.39 is 23.5 Å². The summed E-state index contributed by atoms with van der Waals surface area (Å²) in [5.41, 5.74) is 5.44. The predicted molar refractivity (Wildman–Crippen MR) is 131 cm³/mol. The maximum Gasteiger partial charge on any atom is 0.328 e. The fourth-order valence-electron chi connectivity index (χ4n) is 3.32. The van der Waals surface area contributed by atoms with Crippen LogP contribution < -0.4 is 16.1 Å². The number of hydrogen-bond donors (Lipinski definition) is 3. The van der Waals surface area contributed by atoms with E-state index in [2.05, 4.69) is 32.0 Å². The Bertz CT molecular complexity index is 1380. The van der Waals surface area contributed by atoms with Gasteiger partial charge in [-0.15, -0.1) is 0 Å². The molecule has 1 aromatic heterocycles. The minimum atomic E-state index is -0.927. The molecule has 7 nitrogen and oxygen atoms in total.